The number of nitrogens with one attached hydrogen (secondary N) is 1. The van der Waals surface area contributed by atoms with Crippen LogP contribution in [0.4, 0.5) is 0 Å². The molecule has 0 spiro atoms. The molecular formula is C19H25N5O. The van der Waals surface area contributed by atoms with Crippen molar-refractivity contribution >= 4 is 0 Å². The van der Waals surface area contributed by atoms with Gasteiger partial charge in [0.05, 0.1) is 12.2 Å². The average Bonchev–Trinajstić information content (AvgIpc) is 3.17. The van der Waals surface area contributed by atoms with E-state index < -0.39 is 0 Å². The number of hydrogen-bond acceptors (Lipinski definition) is 5. The summed E-state index contributed by atoms with van der Waals surface area (Å²) in [4.78, 5) is 6.64. The minimum atomic E-state index is 0.0439. The first kappa shape index (κ1) is 17.4. The third-order valence-corrected chi connectivity index (χ3v) is 4.10. The van der Waals surface area contributed by atoms with Crippen LogP contribution >= 0.6 is 0 Å². The van der Waals surface area contributed by atoms with Crippen LogP contribution in [0.15, 0.2) is 34.9 Å². The number of rotatable bonds is 5. The van der Waals surface area contributed by atoms with Gasteiger partial charge in [0.1, 0.15) is 0 Å². The van der Waals surface area contributed by atoms with Crippen molar-refractivity contribution in [3.63, 3.8) is 0 Å². The molecule has 0 aliphatic carbocycles. The van der Waals surface area contributed by atoms with E-state index in [1.54, 1.807) is 0 Å². The van der Waals surface area contributed by atoms with Crippen molar-refractivity contribution in [2.45, 2.75) is 46.2 Å². The zero-order valence-electron chi connectivity index (χ0n) is 15.5. The molecule has 0 unspecified atom stereocenters. The molecular weight excluding hydrogens is 314 g/mol. The summed E-state index contributed by atoms with van der Waals surface area (Å²) < 4.78 is 5.41. The highest BCUT2D eigenvalue weighted by Gasteiger charge is 2.18. The summed E-state index contributed by atoms with van der Waals surface area (Å²) in [5, 5.41) is 11.6. The minimum absolute atomic E-state index is 0.0439. The van der Waals surface area contributed by atoms with Gasteiger partial charge in [-0.3, -0.25) is 10.00 Å². The lowest BCUT2D eigenvalue weighted by Gasteiger charge is -2.14. The second-order valence-corrected chi connectivity index (χ2v) is 7.53. The number of H-pyrrole nitrogens is 1. The molecule has 6 heteroatoms. The molecule has 0 aliphatic heterocycles. The Labute approximate surface area is 148 Å². The Morgan fingerprint density at radius 2 is 1.92 bits per heavy atom. The van der Waals surface area contributed by atoms with Crippen molar-refractivity contribution in [3.8, 4) is 11.4 Å². The maximum atomic E-state index is 5.41. The first-order valence-electron chi connectivity index (χ1n) is 8.45. The van der Waals surface area contributed by atoms with Gasteiger partial charge in [0.15, 0.2) is 0 Å². The van der Waals surface area contributed by atoms with Gasteiger partial charge in [0, 0.05) is 23.2 Å². The standard InChI is InChI=1S/C19H25N5O/c1-13-8-6-7-9-15(13)18-20-17(25-23-18)12-24(5)11-14-10-16(22-21-14)19(2,3)4/h6-10H,11-12H2,1-5H3,(H,21,22). The molecule has 0 saturated heterocycles. The van der Waals surface area contributed by atoms with Crippen LogP contribution in [0.1, 0.15) is 43.6 Å². The topological polar surface area (TPSA) is 70.8 Å². The molecule has 1 N–H and O–H groups in total. The smallest absolute Gasteiger partial charge is 0.241 e. The number of aromatic nitrogens is 4. The molecule has 6 nitrogen and oxygen atoms in total. The van der Waals surface area contributed by atoms with E-state index in [0.29, 0.717) is 18.3 Å². The van der Waals surface area contributed by atoms with Crippen LogP contribution in [0.3, 0.4) is 0 Å². The molecule has 1 aromatic carbocycles. The predicted octanol–water partition coefficient (Wildman–Crippen LogP) is 3.70. The summed E-state index contributed by atoms with van der Waals surface area (Å²) in [6.45, 7) is 9.84. The maximum Gasteiger partial charge on any atom is 0.241 e. The van der Waals surface area contributed by atoms with E-state index in [9.17, 15) is 0 Å². The highest BCUT2D eigenvalue weighted by atomic mass is 16.5. The lowest BCUT2D eigenvalue weighted by Crippen LogP contribution is -2.17. The van der Waals surface area contributed by atoms with Gasteiger partial charge in [-0.25, -0.2) is 0 Å². The summed E-state index contributed by atoms with van der Waals surface area (Å²) in [6.07, 6.45) is 0. The largest absolute Gasteiger partial charge is 0.338 e. The Morgan fingerprint density at radius 1 is 1.16 bits per heavy atom. The molecule has 25 heavy (non-hydrogen) atoms. The first-order chi connectivity index (χ1) is 11.8. The van der Waals surface area contributed by atoms with Gasteiger partial charge < -0.3 is 4.52 Å². The molecule has 2 aromatic heterocycles. The molecule has 0 fully saturated rings. The molecule has 132 valence electrons. The summed E-state index contributed by atoms with van der Waals surface area (Å²) in [6, 6.07) is 10.2. The predicted molar refractivity (Wildman–Crippen MR) is 96.9 cm³/mol. The second-order valence-electron chi connectivity index (χ2n) is 7.53. The Kier molecular flexibility index (Phi) is 4.72. The quantitative estimate of drug-likeness (QED) is 0.767. The van der Waals surface area contributed by atoms with Crippen molar-refractivity contribution in [2.24, 2.45) is 0 Å². The lowest BCUT2D eigenvalue weighted by molar-refractivity contribution is 0.258. The third-order valence-electron chi connectivity index (χ3n) is 4.10. The molecule has 3 rings (SSSR count). The molecule has 3 aromatic rings. The van der Waals surface area contributed by atoms with Gasteiger partial charge in [0.2, 0.25) is 11.7 Å². The molecule has 0 bridgehead atoms. The summed E-state index contributed by atoms with van der Waals surface area (Å²) in [5.41, 5.74) is 4.32. The van der Waals surface area contributed by atoms with Gasteiger partial charge in [-0.05, 0) is 25.6 Å². The van der Waals surface area contributed by atoms with Crippen LogP contribution in [-0.4, -0.2) is 32.3 Å². The van der Waals surface area contributed by atoms with E-state index in [2.05, 4.69) is 52.1 Å². The van der Waals surface area contributed by atoms with E-state index in [4.69, 9.17) is 4.52 Å². The van der Waals surface area contributed by atoms with Gasteiger partial charge in [-0.2, -0.15) is 10.1 Å². The summed E-state index contributed by atoms with van der Waals surface area (Å²) >= 11 is 0. The van der Waals surface area contributed by atoms with Crippen molar-refractivity contribution in [3.05, 3.63) is 53.2 Å². The molecule has 0 atom stereocenters. The zero-order chi connectivity index (χ0) is 18.0. The Hall–Kier alpha value is -2.47. The molecule has 0 saturated carbocycles. The Bertz CT molecular complexity index is 843. The fourth-order valence-corrected chi connectivity index (χ4v) is 2.66. The fourth-order valence-electron chi connectivity index (χ4n) is 2.66. The number of benzene rings is 1. The maximum absolute atomic E-state index is 5.41. The first-order valence-corrected chi connectivity index (χ1v) is 8.45. The van der Waals surface area contributed by atoms with Crippen LogP contribution in [0.5, 0.6) is 0 Å². The Balaban J connectivity index is 1.65. The summed E-state index contributed by atoms with van der Waals surface area (Å²) in [5.74, 6) is 1.24. The third kappa shape index (κ3) is 4.14. The van der Waals surface area contributed by atoms with Gasteiger partial charge in [-0.15, -0.1) is 0 Å². The average molecular weight is 339 g/mol. The van der Waals surface area contributed by atoms with E-state index >= 15 is 0 Å². The van der Waals surface area contributed by atoms with Crippen molar-refractivity contribution < 1.29 is 4.52 Å². The molecule has 2 heterocycles. The fraction of sp³-hybridized carbons (Fsp3) is 0.421. The highest BCUT2D eigenvalue weighted by molar-refractivity contribution is 5.58. The van der Waals surface area contributed by atoms with Crippen LogP contribution in [-0.2, 0) is 18.5 Å². The van der Waals surface area contributed by atoms with Crippen LogP contribution in [0.25, 0.3) is 11.4 Å². The minimum Gasteiger partial charge on any atom is -0.338 e. The highest BCUT2D eigenvalue weighted by Crippen LogP contribution is 2.22. The van der Waals surface area contributed by atoms with Gasteiger partial charge in [-0.1, -0.05) is 50.2 Å². The van der Waals surface area contributed by atoms with E-state index in [1.807, 2.05) is 38.2 Å². The van der Waals surface area contributed by atoms with Crippen LogP contribution < -0.4 is 0 Å². The number of aryl methyl sites for hydroxylation is 1. The van der Waals surface area contributed by atoms with Crippen LogP contribution in [0, 0.1) is 6.92 Å². The molecule has 0 radical (unpaired) electrons. The summed E-state index contributed by atoms with van der Waals surface area (Å²) in [7, 11) is 2.02. The number of hydrogen-bond donors (Lipinski definition) is 1. The van der Waals surface area contributed by atoms with Crippen LogP contribution in [0.2, 0.25) is 0 Å². The van der Waals surface area contributed by atoms with Crippen molar-refractivity contribution in [2.75, 3.05) is 7.05 Å². The van der Waals surface area contributed by atoms with Gasteiger partial charge >= 0.3 is 0 Å². The normalized spacial score (nSPS) is 12.1. The zero-order valence-corrected chi connectivity index (χ0v) is 15.5. The monoisotopic (exact) mass is 339 g/mol. The number of nitrogens with zero attached hydrogens (tertiary/aromatic N) is 4. The van der Waals surface area contributed by atoms with Crippen molar-refractivity contribution in [1.82, 2.24) is 25.2 Å². The second kappa shape index (κ2) is 6.80. The van der Waals surface area contributed by atoms with E-state index in [-0.39, 0.29) is 5.41 Å². The number of aromatic amines is 1. The lowest BCUT2D eigenvalue weighted by atomic mass is 9.92. The van der Waals surface area contributed by atoms with Crippen molar-refractivity contribution in [1.29, 1.82) is 0 Å². The molecule has 0 amide bonds. The molecule has 0 aliphatic rings. The van der Waals surface area contributed by atoms with E-state index in [1.165, 1.54) is 0 Å². The van der Waals surface area contributed by atoms with Gasteiger partial charge in [0.25, 0.3) is 0 Å². The SMILES string of the molecule is Cc1ccccc1-c1noc(CN(C)Cc2cc(C(C)(C)C)n[nH]2)n1. The van der Waals surface area contributed by atoms with E-state index in [0.717, 1.165) is 29.1 Å². The Morgan fingerprint density at radius 3 is 2.60 bits per heavy atom.